The molecular weight excluding hydrogens is 405 g/mol. The van der Waals surface area contributed by atoms with Crippen molar-refractivity contribution in [3.63, 3.8) is 0 Å². The van der Waals surface area contributed by atoms with E-state index < -0.39 is 38.0 Å². The average Bonchev–Trinajstić information content (AvgIpc) is 3.04. The fourth-order valence-corrected chi connectivity index (χ4v) is 3.52. The molecule has 0 spiro atoms. The summed E-state index contributed by atoms with van der Waals surface area (Å²) in [6.45, 7) is 3.70. The summed E-state index contributed by atoms with van der Waals surface area (Å²) in [4.78, 5) is 18.1. The van der Waals surface area contributed by atoms with Crippen LogP contribution in [0.3, 0.4) is 0 Å². The molecule has 0 saturated carbocycles. The molecular formula is C16H28N5O7P. The maximum absolute atomic E-state index is 11.9. The van der Waals surface area contributed by atoms with Crippen LogP contribution in [-0.4, -0.2) is 70.1 Å². The molecule has 0 aliphatic heterocycles. The molecule has 0 aliphatic rings. The summed E-state index contributed by atoms with van der Waals surface area (Å²) in [6.07, 6.45) is 0.575. The van der Waals surface area contributed by atoms with Gasteiger partial charge in [0.25, 0.3) is 0 Å². The largest absolute Gasteiger partial charge is 0.394 e. The van der Waals surface area contributed by atoms with E-state index in [1.54, 1.807) is 20.9 Å². The van der Waals surface area contributed by atoms with Crippen molar-refractivity contribution in [3.05, 3.63) is 18.1 Å². The molecule has 0 aliphatic carbocycles. The quantitative estimate of drug-likeness (QED) is 0.318. The fourth-order valence-electron chi connectivity index (χ4n) is 2.57. The minimum absolute atomic E-state index is 0.0114. The molecule has 2 unspecified atom stereocenters. The van der Waals surface area contributed by atoms with Crippen molar-refractivity contribution < 1.29 is 34.0 Å². The Morgan fingerprint density at radius 2 is 1.97 bits per heavy atom. The van der Waals surface area contributed by atoms with Crippen molar-refractivity contribution in [3.8, 4) is 0 Å². The molecule has 5 N–H and O–H groups in total. The summed E-state index contributed by atoms with van der Waals surface area (Å²) >= 11 is 0. The van der Waals surface area contributed by atoms with Gasteiger partial charge in [-0.05, 0) is 27.2 Å². The van der Waals surface area contributed by atoms with Gasteiger partial charge >= 0.3 is 7.60 Å². The van der Waals surface area contributed by atoms with Crippen molar-refractivity contribution in [2.45, 2.75) is 51.0 Å². The van der Waals surface area contributed by atoms with Crippen LogP contribution in [0.1, 0.15) is 33.4 Å². The van der Waals surface area contributed by atoms with Crippen LogP contribution in [0, 0.1) is 5.41 Å². The van der Waals surface area contributed by atoms with Gasteiger partial charge in [0.15, 0.2) is 23.2 Å². The number of aliphatic hydroxyl groups is 3. The van der Waals surface area contributed by atoms with Crippen molar-refractivity contribution >= 4 is 18.8 Å². The zero-order chi connectivity index (χ0) is 22.0. The second-order valence-electron chi connectivity index (χ2n) is 7.34. The zero-order valence-corrected chi connectivity index (χ0v) is 17.7. The van der Waals surface area contributed by atoms with Crippen LogP contribution in [0.4, 0.5) is 0 Å². The first-order valence-electron chi connectivity index (χ1n) is 8.94. The van der Waals surface area contributed by atoms with Gasteiger partial charge in [-0.2, -0.15) is 0 Å². The summed E-state index contributed by atoms with van der Waals surface area (Å²) in [7, 11) is -2.55. The highest BCUT2D eigenvalue weighted by Gasteiger charge is 2.35. The van der Waals surface area contributed by atoms with Gasteiger partial charge in [0.2, 0.25) is 0 Å². The van der Waals surface area contributed by atoms with E-state index in [0.717, 1.165) is 0 Å². The van der Waals surface area contributed by atoms with Crippen LogP contribution < -0.4 is 5.49 Å². The molecule has 0 radical (unpaired) electrons. The molecule has 2 aromatic rings. The number of aromatic nitrogens is 4. The zero-order valence-electron chi connectivity index (χ0n) is 16.8. The van der Waals surface area contributed by atoms with E-state index in [1.165, 1.54) is 28.7 Å². The van der Waals surface area contributed by atoms with Gasteiger partial charge in [0.1, 0.15) is 11.6 Å². The normalized spacial score (nSPS) is 17.8. The number of nitrogens with zero attached hydrogens (tertiary/aromatic N) is 4. The molecule has 13 heteroatoms. The van der Waals surface area contributed by atoms with Crippen LogP contribution in [0.15, 0.2) is 12.7 Å². The SMILES string of the molecule is CC(O)P(=O)(O)OC(C)(C)CCO[C@H]([C@H](O)CO)n1cnc2c(=N)n(C)cnc21. The third kappa shape index (κ3) is 5.48. The topological polar surface area (TPSA) is 176 Å². The molecule has 164 valence electrons. The van der Waals surface area contributed by atoms with Gasteiger partial charge in [-0.25, -0.2) is 9.97 Å². The standard InChI is InChI=1S/C16H28N5O7P/c1-10(23)29(25,26)28-16(2,3)5-6-27-15(11(24)7-22)21-9-18-12-13(17)20(4)8-19-14(12)21/h8-11,15,17,22-24H,5-7H2,1-4H3,(H,25,26)/t10?,11-,15-/m1/s1. The van der Waals surface area contributed by atoms with Crippen LogP contribution in [-0.2, 0) is 20.9 Å². The predicted octanol–water partition coefficient (Wildman–Crippen LogP) is -0.173. The number of fused-ring (bicyclic) bond motifs is 1. The minimum atomic E-state index is -4.20. The van der Waals surface area contributed by atoms with Crippen LogP contribution in [0.25, 0.3) is 11.2 Å². The van der Waals surface area contributed by atoms with E-state index >= 15 is 0 Å². The van der Waals surface area contributed by atoms with Crippen LogP contribution in [0.5, 0.6) is 0 Å². The molecule has 4 atom stereocenters. The summed E-state index contributed by atoms with van der Waals surface area (Å²) in [5, 5.41) is 37.0. The molecule has 0 bridgehead atoms. The van der Waals surface area contributed by atoms with E-state index in [0.29, 0.717) is 11.2 Å². The number of rotatable bonds is 10. The molecule has 2 rings (SSSR count). The first kappa shape index (κ1) is 23.6. The molecule has 0 amide bonds. The number of imidazole rings is 1. The highest BCUT2D eigenvalue weighted by atomic mass is 31.2. The van der Waals surface area contributed by atoms with Gasteiger partial charge in [-0.1, -0.05) is 0 Å². The van der Waals surface area contributed by atoms with Gasteiger partial charge < -0.3 is 34.0 Å². The highest BCUT2D eigenvalue weighted by Crippen LogP contribution is 2.50. The number of hydrogen-bond donors (Lipinski definition) is 5. The molecule has 29 heavy (non-hydrogen) atoms. The molecule has 2 heterocycles. The molecule has 0 fully saturated rings. The highest BCUT2D eigenvalue weighted by molar-refractivity contribution is 7.53. The Kier molecular flexibility index (Phi) is 7.33. The van der Waals surface area contributed by atoms with Crippen molar-refractivity contribution in [1.29, 1.82) is 5.41 Å². The first-order valence-corrected chi connectivity index (χ1v) is 10.6. The smallest absolute Gasteiger partial charge is 0.356 e. The minimum Gasteiger partial charge on any atom is -0.394 e. The van der Waals surface area contributed by atoms with Crippen LogP contribution >= 0.6 is 7.60 Å². The lowest BCUT2D eigenvalue weighted by atomic mass is 10.1. The maximum atomic E-state index is 11.9. The lowest BCUT2D eigenvalue weighted by Crippen LogP contribution is -2.32. The van der Waals surface area contributed by atoms with E-state index in [2.05, 4.69) is 9.97 Å². The van der Waals surface area contributed by atoms with Gasteiger partial charge in [-0.15, -0.1) is 0 Å². The Morgan fingerprint density at radius 3 is 2.55 bits per heavy atom. The number of aryl methyl sites for hydroxylation is 1. The number of nitrogens with one attached hydrogen (secondary N) is 1. The van der Waals surface area contributed by atoms with E-state index in [1.807, 2.05) is 0 Å². The number of ether oxygens (including phenoxy) is 1. The number of hydrogen-bond acceptors (Lipinski definition) is 9. The Hall–Kier alpha value is -1.66. The van der Waals surface area contributed by atoms with Crippen molar-refractivity contribution in [2.24, 2.45) is 7.05 Å². The predicted molar refractivity (Wildman–Crippen MR) is 102 cm³/mol. The Bertz CT molecular complexity index is 941. The lowest BCUT2D eigenvalue weighted by Gasteiger charge is -2.30. The third-order valence-corrected chi connectivity index (χ3v) is 6.03. The van der Waals surface area contributed by atoms with Crippen molar-refractivity contribution in [1.82, 2.24) is 19.1 Å². The van der Waals surface area contributed by atoms with Crippen LogP contribution in [0.2, 0.25) is 0 Å². The summed E-state index contributed by atoms with van der Waals surface area (Å²) < 4.78 is 25.7. The molecule has 12 nitrogen and oxygen atoms in total. The molecule has 2 aromatic heterocycles. The Labute approximate surface area is 167 Å². The average molecular weight is 433 g/mol. The summed E-state index contributed by atoms with van der Waals surface area (Å²) in [5.74, 6) is -1.53. The summed E-state index contributed by atoms with van der Waals surface area (Å²) in [5.41, 5.74) is -0.379. The van der Waals surface area contributed by atoms with Gasteiger partial charge in [-0.3, -0.25) is 14.5 Å². The molecule has 0 saturated heterocycles. The van der Waals surface area contributed by atoms with Gasteiger partial charge in [0.05, 0.1) is 31.5 Å². The first-order chi connectivity index (χ1) is 13.4. The number of aliphatic hydroxyl groups excluding tert-OH is 3. The van der Waals surface area contributed by atoms with E-state index in [-0.39, 0.29) is 18.5 Å². The monoisotopic (exact) mass is 433 g/mol. The van der Waals surface area contributed by atoms with Gasteiger partial charge in [0, 0.05) is 7.05 Å². The maximum Gasteiger partial charge on any atom is 0.356 e. The second kappa shape index (κ2) is 9.00. The van der Waals surface area contributed by atoms with E-state index in [4.69, 9.17) is 14.7 Å². The molecule has 0 aromatic carbocycles. The third-order valence-electron chi connectivity index (χ3n) is 4.33. The Morgan fingerprint density at radius 1 is 1.31 bits per heavy atom. The van der Waals surface area contributed by atoms with E-state index in [9.17, 15) is 24.8 Å². The Balaban J connectivity index is 2.18. The lowest BCUT2D eigenvalue weighted by molar-refractivity contribution is -0.105. The second-order valence-corrected chi connectivity index (χ2v) is 9.39. The fraction of sp³-hybridized carbons (Fsp3) is 0.688. The van der Waals surface area contributed by atoms with Crippen molar-refractivity contribution in [2.75, 3.05) is 13.2 Å². The summed E-state index contributed by atoms with van der Waals surface area (Å²) in [6, 6.07) is 0.